The van der Waals surface area contributed by atoms with Crippen molar-refractivity contribution in [2.45, 2.75) is 32.9 Å². The third-order valence-corrected chi connectivity index (χ3v) is 4.08. The molecular formula is C19H21N3O. The molecule has 0 saturated carbocycles. The molecule has 0 aliphatic carbocycles. The molecule has 0 saturated heterocycles. The Balaban J connectivity index is 1.63. The second-order valence-electron chi connectivity index (χ2n) is 5.75. The van der Waals surface area contributed by atoms with Crippen molar-refractivity contribution in [1.29, 1.82) is 0 Å². The van der Waals surface area contributed by atoms with Crippen LogP contribution in [-0.4, -0.2) is 15.5 Å². The maximum Gasteiger partial charge on any atom is 0.222 e. The van der Waals surface area contributed by atoms with Gasteiger partial charge in [0, 0.05) is 13.0 Å². The summed E-state index contributed by atoms with van der Waals surface area (Å²) in [7, 11) is 0. The van der Waals surface area contributed by atoms with E-state index in [1.165, 1.54) is 0 Å². The molecule has 1 unspecified atom stereocenters. The second-order valence-corrected chi connectivity index (χ2v) is 5.75. The number of amides is 1. The van der Waals surface area contributed by atoms with Crippen LogP contribution in [0.2, 0.25) is 0 Å². The van der Waals surface area contributed by atoms with Gasteiger partial charge >= 0.3 is 0 Å². The number of imidazole rings is 1. The van der Waals surface area contributed by atoms with Gasteiger partial charge < -0.3 is 9.88 Å². The normalized spacial score (nSPS) is 12.3. The maximum atomic E-state index is 12.2. The van der Waals surface area contributed by atoms with Crippen molar-refractivity contribution < 1.29 is 4.79 Å². The van der Waals surface area contributed by atoms with Crippen LogP contribution in [0.3, 0.4) is 0 Å². The van der Waals surface area contributed by atoms with E-state index in [-0.39, 0.29) is 11.9 Å². The summed E-state index contributed by atoms with van der Waals surface area (Å²) in [5.74, 6) is 0.994. The topological polar surface area (TPSA) is 46.9 Å². The molecule has 2 aromatic carbocycles. The second kappa shape index (κ2) is 6.65. The zero-order valence-electron chi connectivity index (χ0n) is 13.5. The molecule has 0 fully saturated rings. The van der Waals surface area contributed by atoms with Crippen molar-refractivity contribution in [3.05, 3.63) is 66.0 Å². The van der Waals surface area contributed by atoms with E-state index >= 15 is 0 Å². The number of para-hydroxylation sites is 2. The van der Waals surface area contributed by atoms with Crippen LogP contribution in [0.25, 0.3) is 11.0 Å². The highest BCUT2D eigenvalue weighted by Crippen LogP contribution is 2.16. The minimum atomic E-state index is 0.0179. The van der Waals surface area contributed by atoms with E-state index in [1.54, 1.807) is 0 Å². The Morgan fingerprint density at radius 3 is 2.61 bits per heavy atom. The van der Waals surface area contributed by atoms with Gasteiger partial charge in [-0.05, 0) is 31.5 Å². The van der Waals surface area contributed by atoms with Crippen molar-refractivity contribution in [2.75, 3.05) is 0 Å². The van der Waals surface area contributed by atoms with Crippen LogP contribution in [0.15, 0.2) is 54.6 Å². The fourth-order valence-electron chi connectivity index (χ4n) is 2.83. The number of rotatable bonds is 5. The highest BCUT2D eigenvalue weighted by molar-refractivity contribution is 5.78. The average molecular weight is 307 g/mol. The van der Waals surface area contributed by atoms with Crippen molar-refractivity contribution >= 4 is 16.9 Å². The van der Waals surface area contributed by atoms with Gasteiger partial charge in [-0.1, -0.05) is 42.5 Å². The SMILES string of the molecule is Cc1nc2ccccc2n1CCC(=O)NC(C)c1ccccc1. The minimum absolute atomic E-state index is 0.0179. The van der Waals surface area contributed by atoms with Crippen LogP contribution < -0.4 is 5.32 Å². The van der Waals surface area contributed by atoms with Gasteiger partial charge in [0.25, 0.3) is 0 Å². The fourth-order valence-corrected chi connectivity index (χ4v) is 2.83. The number of carbonyl (C=O) groups is 1. The van der Waals surface area contributed by atoms with Gasteiger partial charge in [0.05, 0.1) is 17.1 Å². The molecule has 0 aliphatic heterocycles. The van der Waals surface area contributed by atoms with E-state index in [4.69, 9.17) is 0 Å². The molecule has 0 bridgehead atoms. The number of aromatic nitrogens is 2. The van der Waals surface area contributed by atoms with Gasteiger partial charge in [-0.15, -0.1) is 0 Å². The highest BCUT2D eigenvalue weighted by atomic mass is 16.1. The first-order chi connectivity index (χ1) is 11.1. The summed E-state index contributed by atoms with van der Waals surface area (Å²) in [4.78, 5) is 16.8. The predicted octanol–water partition coefficient (Wildman–Crippen LogP) is 3.61. The molecule has 4 nitrogen and oxygen atoms in total. The summed E-state index contributed by atoms with van der Waals surface area (Å²) < 4.78 is 2.10. The monoisotopic (exact) mass is 307 g/mol. The third kappa shape index (κ3) is 3.42. The number of fused-ring (bicyclic) bond motifs is 1. The third-order valence-electron chi connectivity index (χ3n) is 4.08. The van der Waals surface area contributed by atoms with E-state index in [0.717, 1.165) is 22.4 Å². The maximum absolute atomic E-state index is 12.2. The van der Waals surface area contributed by atoms with Crippen LogP contribution in [0.4, 0.5) is 0 Å². The number of benzene rings is 2. The number of nitrogens with one attached hydrogen (secondary N) is 1. The van der Waals surface area contributed by atoms with Gasteiger partial charge in [-0.25, -0.2) is 4.98 Å². The zero-order valence-corrected chi connectivity index (χ0v) is 13.5. The van der Waals surface area contributed by atoms with Gasteiger partial charge in [0.1, 0.15) is 5.82 Å². The van der Waals surface area contributed by atoms with E-state index < -0.39 is 0 Å². The molecule has 3 aromatic rings. The number of nitrogens with zero attached hydrogens (tertiary/aromatic N) is 2. The number of carbonyl (C=O) groups excluding carboxylic acids is 1. The van der Waals surface area contributed by atoms with Crippen LogP contribution in [0, 0.1) is 6.92 Å². The molecule has 3 rings (SSSR count). The fraction of sp³-hybridized carbons (Fsp3) is 0.263. The quantitative estimate of drug-likeness (QED) is 0.782. The van der Waals surface area contributed by atoms with Gasteiger partial charge in [0.2, 0.25) is 5.91 Å². The van der Waals surface area contributed by atoms with Crippen molar-refractivity contribution in [3.8, 4) is 0 Å². The van der Waals surface area contributed by atoms with Gasteiger partial charge in [-0.3, -0.25) is 4.79 Å². The summed E-state index contributed by atoms with van der Waals surface area (Å²) in [6, 6.07) is 18.0. The Labute approximate surface area is 136 Å². The van der Waals surface area contributed by atoms with Crippen LogP contribution in [0.1, 0.15) is 30.8 Å². The summed E-state index contributed by atoms with van der Waals surface area (Å²) in [6.07, 6.45) is 0.443. The number of hydrogen-bond acceptors (Lipinski definition) is 2. The molecular weight excluding hydrogens is 286 g/mol. The van der Waals surface area contributed by atoms with Crippen molar-refractivity contribution in [3.63, 3.8) is 0 Å². The van der Waals surface area contributed by atoms with E-state index in [1.807, 2.05) is 68.4 Å². The lowest BCUT2D eigenvalue weighted by Crippen LogP contribution is -2.27. The first-order valence-electron chi connectivity index (χ1n) is 7.91. The van der Waals surface area contributed by atoms with Crippen LogP contribution in [0.5, 0.6) is 0 Å². The first-order valence-corrected chi connectivity index (χ1v) is 7.91. The number of aryl methyl sites for hydroxylation is 2. The molecule has 118 valence electrons. The summed E-state index contributed by atoms with van der Waals surface area (Å²) in [5, 5.41) is 3.05. The van der Waals surface area contributed by atoms with Gasteiger partial charge in [0.15, 0.2) is 0 Å². The Hall–Kier alpha value is -2.62. The first kappa shape index (κ1) is 15.3. The predicted molar refractivity (Wildman–Crippen MR) is 92.1 cm³/mol. The molecule has 1 N–H and O–H groups in total. The molecule has 0 spiro atoms. The van der Waals surface area contributed by atoms with E-state index in [2.05, 4.69) is 14.9 Å². The molecule has 1 amide bonds. The number of hydrogen-bond donors (Lipinski definition) is 1. The average Bonchev–Trinajstić information content (AvgIpc) is 2.89. The largest absolute Gasteiger partial charge is 0.350 e. The Bertz CT molecular complexity index is 808. The molecule has 0 radical (unpaired) electrons. The molecule has 23 heavy (non-hydrogen) atoms. The van der Waals surface area contributed by atoms with Crippen LogP contribution in [-0.2, 0) is 11.3 Å². The Morgan fingerprint density at radius 1 is 1.13 bits per heavy atom. The summed E-state index contributed by atoms with van der Waals surface area (Å²) in [6.45, 7) is 4.62. The summed E-state index contributed by atoms with van der Waals surface area (Å²) >= 11 is 0. The molecule has 4 heteroatoms. The highest BCUT2D eigenvalue weighted by Gasteiger charge is 2.11. The lowest BCUT2D eigenvalue weighted by Gasteiger charge is -2.14. The van der Waals surface area contributed by atoms with E-state index in [0.29, 0.717) is 13.0 Å². The molecule has 1 aromatic heterocycles. The molecule has 0 aliphatic rings. The Morgan fingerprint density at radius 2 is 1.83 bits per heavy atom. The molecule has 1 atom stereocenters. The van der Waals surface area contributed by atoms with Crippen molar-refractivity contribution in [2.24, 2.45) is 0 Å². The molecule has 1 heterocycles. The Kier molecular flexibility index (Phi) is 4.42. The van der Waals surface area contributed by atoms with Gasteiger partial charge in [-0.2, -0.15) is 0 Å². The zero-order chi connectivity index (χ0) is 16.2. The van der Waals surface area contributed by atoms with Crippen LogP contribution >= 0.6 is 0 Å². The lowest BCUT2D eigenvalue weighted by molar-refractivity contribution is -0.121. The lowest BCUT2D eigenvalue weighted by atomic mass is 10.1. The van der Waals surface area contributed by atoms with E-state index in [9.17, 15) is 4.79 Å². The van der Waals surface area contributed by atoms with Crippen molar-refractivity contribution in [1.82, 2.24) is 14.9 Å². The summed E-state index contributed by atoms with van der Waals surface area (Å²) in [5.41, 5.74) is 3.17. The standard InChI is InChI=1S/C19H21N3O/c1-14(16-8-4-3-5-9-16)20-19(23)12-13-22-15(2)21-17-10-6-7-11-18(17)22/h3-11,14H,12-13H2,1-2H3,(H,20,23). The smallest absolute Gasteiger partial charge is 0.222 e. The minimum Gasteiger partial charge on any atom is -0.350 e.